The van der Waals surface area contributed by atoms with Gasteiger partial charge in [0, 0.05) is 0 Å². The summed E-state index contributed by atoms with van der Waals surface area (Å²) in [6.45, 7) is 92.7. The lowest BCUT2D eigenvalue weighted by atomic mass is 9.81. The van der Waals surface area contributed by atoms with E-state index >= 15 is 0 Å². The first-order valence-corrected chi connectivity index (χ1v) is 48.7. The minimum absolute atomic E-state index is 0.264. The molecule has 0 saturated carbocycles. The van der Waals surface area contributed by atoms with E-state index in [4.69, 9.17) is 0 Å². The molecule has 0 aromatic heterocycles. The lowest BCUT2D eigenvalue weighted by Gasteiger charge is -2.25. The molecule has 0 aliphatic heterocycles. The number of aryl methyl sites for hydroxylation is 4. The molecule has 0 radical (unpaired) electrons. The summed E-state index contributed by atoms with van der Waals surface area (Å²) >= 11 is 0. The molecule has 0 heteroatoms. The predicted molar refractivity (Wildman–Crippen MR) is 582 cm³/mol. The molecule has 0 saturated heterocycles. The van der Waals surface area contributed by atoms with Crippen molar-refractivity contribution in [1.29, 1.82) is 0 Å². The van der Waals surface area contributed by atoms with Gasteiger partial charge in [-0.1, -0.05) is 493 Å². The fourth-order valence-electron chi connectivity index (χ4n) is 16.1. The third-order valence-corrected chi connectivity index (χ3v) is 22.6. The third kappa shape index (κ3) is 46.7. The van der Waals surface area contributed by atoms with Crippen LogP contribution in [0.15, 0.2) is 255 Å². The van der Waals surface area contributed by atoms with Crippen LogP contribution in [0.2, 0.25) is 0 Å². The smallest absolute Gasteiger partial charge is 0.0132 e. The van der Waals surface area contributed by atoms with Crippen LogP contribution in [0.5, 0.6) is 0 Å². The summed E-state index contributed by atoms with van der Waals surface area (Å²) < 4.78 is 0. The fraction of sp³-hybridized carbons (Fsp3) is 0.473. The summed E-state index contributed by atoms with van der Waals surface area (Å²) in [5, 5.41) is 5.49. The van der Waals surface area contributed by atoms with Crippen LogP contribution < -0.4 is 0 Å². The maximum absolute atomic E-state index is 2.32. The van der Waals surface area contributed by atoms with Crippen molar-refractivity contribution in [2.24, 2.45) is 48.7 Å². The van der Waals surface area contributed by atoms with Crippen LogP contribution in [0.1, 0.15) is 339 Å². The van der Waals surface area contributed by atoms with Crippen LogP contribution in [-0.4, -0.2) is 0 Å². The van der Waals surface area contributed by atoms with Crippen LogP contribution in [0.25, 0.3) is 32.7 Å². The Morgan fingerprint density at radius 3 is 0.822 bits per heavy atom. The van der Waals surface area contributed by atoms with Gasteiger partial charge in [0.25, 0.3) is 0 Å². The zero-order valence-corrected chi connectivity index (χ0v) is 90.2. The van der Waals surface area contributed by atoms with Crippen molar-refractivity contribution >= 4 is 21.5 Å². The maximum Gasteiger partial charge on any atom is -0.0132 e. The molecule has 0 N–H and O–H groups in total. The monoisotopic (exact) mass is 1730 g/mol. The Morgan fingerprint density at radius 1 is 0.209 bits per heavy atom. The minimum atomic E-state index is 0.264. The van der Waals surface area contributed by atoms with Gasteiger partial charge in [-0.2, -0.15) is 0 Å². The Labute approximate surface area is 795 Å². The van der Waals surface area contributed by atoms with Gasteiger partial charge in [-0.25, -0.2) is 0 Å². The van der Waals surface area contributed by atoms with E-state index in [1.165, 1.54) is 145 Å². The normalized spacial score (nSPS) is 12.0. The molecule has 0 nitrogen and oxygen atoms in total. The molecule has 12 rings (SSSR count). The van der Waals surface area contributed by atoms with E-state index in [2.05, 4.69) is 539 Å². The molecule has 0 bridgehead atoms. The molecule has 0 atom stereocenters. The van der Waals surface area contributed by atoms with Crippen molar-refractivity contribution in [3.8, 4) is 11.1 Å². The average Bonchev–Trinajstić information content (AvgIpc) is 0.770. The van der Waals surface area contributed by atoms with Crippen LogP contribution in [-0.2, 0) is 63.2 Å². The van der Waals surface area contributed by atoms with Gasteiger partial charge in [0.2, 0.25) is 0 Å². The van der Waals surface area contributed by atoms with Crippen molar-refractivity contribution in [3.63, 3.8) is 0 Å². The van der Waals surface area contributed by atoms with Crippen molar-refractivity contribution in [3.05, 3.63) is 366 Å². The second kappa shape index (κ2) is 49.6. The highest BCUT2D eigenvalue weighted by Crippen LogP contribution is 2.37. The first-order chi connectivity index (χ1) is 59.2. The number of benzene rings is 12. The van der Waals surface area contributed by atoms with Gasteiger partial charge in [0.1, 0.15) is 0 Å². The topological polar surface area (TPSA) is 0 Å². The Bertz CT molecular complexity index is 5010. The zero-order chi connectivity index (χ0) is 97.7. The third-order valence-electron chi connectivity index (χ3n) is 22.6. The van der Waals surface area contributed by atoms with Crippen LogP contribution in [0.3, 0.4) is 0 Å². The molecule has 0 unspecified atom stereocenters. The molecule has 129 heavy (non-hydrogen) atoms. The van der Waals surface area contributed by atoms with E-state index in [-0.39, 0.29) is 5.41 Å². The van der Waals surface area contributed by atoms with Crippen LogP contribution in [0.4, 0.5) is 0 Å². The second-order valence-corrected chi connectivity index (χ2v) is 49.9. The predicted octanol–water partition coefficient (Wildman–Crippen LogP) is 38.6. The standard InChI is InChI=1S/C19H20.C17H20.C16H26.C15H24.C14H22.4C12H18/c1-19(2,3)13-18-16-10-6-4-8-14(16)12-15-9-5-7-11-17(15)18;1-17(2,3)13-15-11-7-8-12-16(15)14-9-5-4-6-10-14;1-10-11(2)13(4)15(9-16(6,7)8)14(5)12(10)3;1-14(2,3)11-12-7-9-13(10-8-12)15(4,5)6;1-11(2)13-8-6-12(7-9-13)10-14(3,4)5;3*1-10-5-7-11(8-6-10)9-12(2,3)4;1-10-6-5-7-11(8-10)9-12(2,3)4/h4-12H,13H2,1-3H3;4-12H,13H2,1-3H3;9H2,1-8H3;7-10H,11H2,1-6H3;6-9,11H,10H2,1-5H3;4*5-8H,9H2,1-4H3. The van der Waals surface area contributed by atoms with Gasteiger partial charge in [-0.15, -0.1) is 0 Å². The molecular weight excluding hydrogens is 1550 g/mol. The fourth-order valence-corrected chi connectivity index (χ4v) is 16.1. The minimum Gasteiger partial charge on any atom is -0.0622 e. The van der Waals surface area contributed by atoms with Crippen LogP contribution >= 0.6 is 0 Å². The molecule has 0 fully saturated rings. The van der Waals surface area contributed by atoms with Crippen molar-refractivity contribution < 1.29 is 0 Å². The summed E-state index contributed by atoms with van der Waals surface area (Å²) in [5.74, 6) is 0.638. The van der Waals surface area contributed by atoms with E-state index in [1.807, 2.05) is 0 Å². The first kappa shape index (κ1) is 112. The molecule has 12 aromatic carbocycles. The summed E-state index contributed by atoms with van der Waals surface area (Å²) in [6, 6.07) is 92.4. The molecule has 12 aromatic rings. The second-order valence-electron chi connectivity index (χ2n) is 49.9. The van der Waals surface area contributed by atoms with Gasteiger partial charge in [0.15, 0.2) is 0 Å². The molecule has 0 aliphatic carbocycles. The van der Waals surface area contributed by atoms with Crippen molar-refractivity contribution in [1.82, 2.24) is 0 Å². The molecule has 0 spiro atoms. The average molecular weight is 1730 g/mol. The molecular formula is C129H184. The summed E-state index contributed by atoms with van der Waals surface area (Å²) in [5.41, 5.74) is 35.1. The van der Waals surface area contributed by atoms with Crippen molar-refractivity contribution in [2.45, 2.75) is 353 Å². The first-order valence-electron chi connectivity index (χ1n) is 48.7. The lowest BCUT2D eigenvalue weighted by Crippen LogP contribution is -2.13. The Balaban J connectivity index is 0.000000305. The maximum atomic E-state index is 2.32. The van der Waals surface area contributed by atoms with E-state index in [0.717, 1.165) is 51.4 Å². The van der Waals surface area contributed by atoms with Gasteiger partial charge in [-0.05, 0) is 308 Å². The summed E-state index contributed by atoms with van der Waals surface area (Å²) in [4.78, 5) is 0. The molecule has 0 aliphatic rings. The molecule has 0 heterocycles. The Kier molecular flexibility index (Phi) is 43.2. The van der Waals surface area contributed by atoms with Gasteiger partial charge >= 0.3 is 0 Å². The number of rotatable bonds is 11. The Hall–Kier alpha value is -8.84. The van der Waals surface area contributed by atoms with Crippen LogP contribution in [0, 0.1) is 111 Å². The van der Waals surface area contributed by atoms with Crippen molar-refractivity contribution in [2.75, 3.05) is 0 Å². The van der Waals surface area contributed by atoms with Gasteiger partial charge in [0.05, 0.1) is 0 Å². The largest absolute Gasteiger partial charge is 0.0622 e. The molecule has 700 valence electrons. The highest BCUT2D eigenvalue weighted by atomic mass is 14.3. The van der Waals surface area contributed by atoms with E-state index < -0.39 is 0 Å². The number of fused-ring (bicyclic) bond motifs is 2. The van der Waals surface area contributed by atoms with E-state index in [9.17, 15) is 0 Å². The summed E-state index contributed by atoms with van der Waals surface area (Å²) in [7, 11) is 0. The van der Waals surface area contributed by atoms with E-state index in [0.29, 0.717) is 54.7 Å². The number of hydrogen-bond donors (Lipinski definition) is 0. The SMILES string of the molecule is CC(C)(C)Cc1c2ccccc2cc2ccccc12.CC(C)(C)Cc1ccc(C(C)(C)C)cc1.CC(C)(C)Cc1ccccc1-c1ccccc1.CC(C)c1ccc(CC(C)(C)C)cc1.Cc1c(C)c(C)c(CC(C)(C)C)c(C)c1C.Cc1ccc(CC(C)(C)C)cc1.Cc1ccc(CC(C)(C)C)cc1.Cc1ccc(CC(C)(C)C)cc1.Cc1cccc(CC(C)(C)C)c1. The quantitative estimate of drug-likeness (QED) is 0.113. The highest BCUT2D eigenvalue weighted by molar-refractivity contribution is 6.02. The Morgan fingerprint density at radius 2 is 0.496 bits per heavy atom. The van der Waals surface area contributed by atoms with Gasteiger partial charge in [-0.3, -0.25) is 0 Å². The van der Waals surface area contributed by atoms with Gasteiger partial charge < -0.3 is 0 Å². The zero-order valence-electron chi connectivity index (χ0n) is 90.2. The molecule has 0 amide bonds. The lowest BCUT2D eigenvalue weighted by molar-refractivity contribution is 0.409. The highest BCUT2D eigenvalue weighted by Gasteiger charge is 2.23. The summed E-state index contributed by atoms with van der Waals surface area (Å²) in [6.07, 6.45) is 10.3. The number of hydrogen-bond acceptors (Lipinski definition) is 0. The van der Waals surface area contributed by atoms with E-state index in [1.54, 1.807) is 5.56 Å².